The molecular formula is C16H18ClN3O2. The average molecular weight is 320 g/mol. The Labute approximate surface area is 134 Å². The van der Waals surface area contributed by atoms with Crippen molar-refractivity contribution in [3.63, 3.8) is 0 Å². The number of aromatic nitrogens is 2. The predicted molar refractivity (Wildman–Crippen MR) is 86.4 cm³/mol. The number of methoxy groups -OCH3 is 1. The molecule has 2 aromatic rings. The summed E-state index contributed by atoms with van der Waals surface area (Å²) >= 11 is 6.06. The first-order chi connectivity index (χ1) is 10.5. The first kappa shape index (κ1) is 15.0. The van der Waals surface area contributed by atoms with Crippen molar-refractivity contribution in [3.8, 4) is 0 Å². The van der Waals surface area contributed by atoms with E-state index in [1.54, 1.807) is 6.20 Å². The molecule has 1 fully saturated rings. The Morgan fingerprint density at radius 1 is 1.36 bits per heavy atom. The fourth-order valence-electron chi connectivity index (χ4n) is 2.83. The Morgan fingerprint density at radius 3 is 2.73 bits per heavy atom. The summed E-state index contributed by atoms with van der Waals surface area (Å²) in [5.41, 5.74) is 1.12. The van der Waals surface area contributed by atoms with Gasteiger partial charge in [-0.15, -0.1) is 0 Å². The molecule has 1 aliphatic rings. The summed E-state index contributed by atoms with van der Waals surface area (Å²) in [6.45, 7) is 5.02. The van der Waals surface area contributed by atoms with Gasteiger partial charge in [-0.1, -0.05) is 25.4 Å². The number of ether oxygens (including phenoxy) is 1. The van der Waals surface area contributed by atoms with Crippen molar-refractivity contribution in [2.45, 2.75) is 32.2 Å². The van der Waals surface area contributed by atoms with Gasteiger partial charge in [-0.3, -0.25) is 0 Å². The second kappa shape index (κ2) is 5.72. The largest absolute Gasteiger partial charge is 0.467 e. The Bertz CT molecular complexity index is 733. The fourth-order valence-corrected chi connectivity index (χ4v) is 2.99. The van der Waals surface area contributed by atoms with Crippen molar-refractivity contribution < 1.29 is 9.53 Å². The van der Waals surface area contributed by atoms with Crippen LogP contribution in [0.15, 0.2) is 18.5 Å². The molecule has 22 heavy (non-hydrogen) atoms. The molecule has 3 heterocycles. The highest BCUT2D eigenvalue weighted by Crippen LogP contribution is 2.35. The van der Waals surface area contributed by atoms with E-state index in [1.165, 1.54) is 7.11 Å². The van der Waals surface area contributed by atoms with Crippen molar-refractivity contribution in [1.82, 2.24) is 9.97 Å². The number of fused-ring (bicyclic) bond motifs is 1. The molecule has 3 rings (SSSR count). The second-order valence-corrected chi connectivity index (χ2v) is 6.15. The van der Waals surface area contributed by atoms with Crippen LogP contribution in [0.1, 0.15) is 31.7 Å². The molecule has 6 heteroatoms. The van der Waals surface area contributed by atoms with Crippen molar-refractivity contribution in [3.05, 3.63) is 29.2 Å². The van der Waals surface area contributed by atoms with Gasteiger partial charge in [0.2, 0.25) is 0 Å². The minimum Gasteiger partial charge on any atom is -0.467 e. The van der Waals surface area contributed by atoms with Gasteiger partial charge in [0.1, 0.15) is 17.0 Å². The summed E-state index contributed by atoms with van der Waals surface area (Å²) in [5.74, 6) is 0.872. The average Bonchev–Trinajstić information content (AvgIpc) is 2.45. The molecule has 2 aromatic heterocycles. The van der Waals surface area contributed by atoms with Gasteiger partial charge in [0.05, 0.1) is 7.11 Å². The maximum Gasteiger partial charge on any atom is 0.328 e. The van der Waals surface area contributed by atoms with E-state index in [-0.39, 0.29) is 12.0 Å². The van der Waals surface area contributed by atoms with Gasteiger partial charge in [-0.25, -0.2) is 14.8 Å². The highest BCUT2D eigenvalue weighted by Gasteiger charge is 2.37. The van der Waals surface area contributed by atoms with Crippen molar-refractivity contribution in [2.75, 3.05) is 18.6 Å². The lowest BCUT2D eigenvalue weighted by Crippen LogP contribution is -2.53. The number of carbonyl (C=O) groups excluding carboxylic acids is 1. The minimum atomic E-state index is -0.263. The third-order valence-corrected chi connectivity index (χ3v) is 4.34. The van der Waals surface area contributed by atoms with Crippen LogP contribution in [0.5, 0.6) is 0 Å². The van der Waals surface area contributed by atoms with E-state index in [4.69, 9.17) is 16.3 Å². The predicted octanol–water partition coefficient (Wildman–Crippen LogP) is 3.16. The van der Waals surface area contributed by atoms with Gasteiger partial charge in [0.15, 0.2) is 0 Å². The normalized spacial score (nSPS) is 17.7. The third kappa shape index (κ3) is 2.39. The van der Waals surface area contributed by atoms with Crippen LogP contribution in [0.2, 0.25) is 5.15 Å². The molecular weight excluding hydrogens is 302 g/mol. The molecule has 0 spiro atoms. The Kier molecular flexibility index (Phi) is 3.91. The molecule has 1 aliphatic heterocycles. The van der Waals surface area contributed by atoms with E-state index in [9.17, 15) is 4.79 Å². The SMILES string of the molecule is COC(=O)C1CCN1c1ncc(C(C)C)c2cc(Cl)ncc12. The smallest absolute Gasteiger partial charge is 0.328 e. The van der Waals surface area contributed by atoms with Gasteiger partial charge in [0.25, 0.3) is 0 Å². The molecule has 0 radical (unpaired) electrons. The molecule has 1 unspecified atom stereocenters. The second-order valence-electron chi connectivity index (χ2n) is 5.77. The third-order valence-electron chi connectivity index (χ3n) is 4.14. The first-order valence-electron chi connectivity index (χ1n) is 7.31. The number of carbonyl (C=O) groups is 1. The molecule has 1 atom stereocenters. The standard InChI is InChI=1S/C16H18ClN3O2/c1-9(2)11-7-19-15(12-8-18-14(17)6-10(11)12)20-5-4-13(20)16(21)22-3/h6-9,13H,4-5H2,1-3H3. The lowest BCUT2D eigenvalue weighted by molar-refractivity contribution is -0.143. The zero-order valence-corrected chi connectivity index (χ0v) is 13.6. The van der Waals surface area contributed by atoms with Gasteiger partial charge in [0, 0.05) is 24.3 Å². The molecule has 0 aliphatic carbocycles. The maximum atomic E-state index is 11.8. The number of halogens is 1. The van der Waals surface area contributed by atoms with Crippen LogP contribution >= 0.6 is 11.6 Å². The number of hydrogen-bond donors (Lipinski definition) is 0. The summed E-state index contributed by atoms with van der Waals surface area (Å²) in [6.07, 6.45) is 4.38. The van der Waals surface area contributed by atoms with E-state index in [1.807, 2.05) is 17.2 Å². The highest BCUT2D eigenvalue weighted by molar-refractivity contribution is 6.30. The van der Waals surface area contributed by atoms with Crippen LogP contribution in [-0.4, -0.2) is 35.6 Å². The van der Waals surface area contributed by atoms with Crippen molar-refractivity contribution >= 4 is 34.2 Å². The zero-order valence-electron chi connectivity index (χ0n) is 12.8. The lowest BCUT2D eigenvalue weighted by atomic mass is 9.97. The summed E-state index contributed by atoms with van der Waals surface area (Å²) in [6, 6.07) is 1.60. The number of nitrogens with zero attached hydrogens (tertiary/aromatic N) is 3. The molecule has 0 N–H and O–H groups in total. The van der Waals surface area contributed by atoms with E-state index in [2.05, 4.69) is 23.8 Å². The highest BCUT2D eigenvalue weighted by atomic mass is 35.5. The quantitative estimate of drug-likeness (QED) is 0.642. The van der Waals surface area contributed by atoms with Crippen molar-refractivity contribution in [2.24, 2.45) is 0 Å². The van der Waals surface area contributed by atoms with Gasteiger partial charge in [-0.2, -0.15) is 0 Å². The Hall–Kier alpha value is -1.88. The molecule has 5 nitrogen and oxygen atoms in total. The topological polar surface area (TPSA) is 55.3 Å². The maximum absolute atomic E-state index is 11.8. The molecule has 0 bridgehead atoms. The van der Waals surface area contributed by atoms with E-state index in [0.717, 1.165) is 35.1 Å². The van der Waals surface area contributed by atoms with E-state index < -0.39 is 0 Å². The van der Waals surface area contributed by atoms with Crippen LogP contribution < -0.4 is 4.90 Å². The first-order valence-corrected chi connectivity index (χ1v) is 7.69. The fraction of sp³-hybridized carbons (Fsp3) is 0.438. The molecule has 116 valence electrons. The summed E-state index contributed by atoms with van der Waals surface area (Å²) in [5, 5.41) is 2.42. The van der Waals surface area contributed by atoms with E-state index >= 15 is 0 Å². The molecule has 0 aromatic carbocycles. The van der Waals surface area contributed by atoms with Gasteiger partial charge < -0.3 is 9.64 Å². The zero-order chi connectivity index (χ0) is 15.9. The van der Waals surface area contributed by atoms with Crippen LogP contribution in [0.4, 0.5) is 5.82 Å². The lowest BCUT2D eigenvalue weighted by Gasteiger charge is -2.40. The van der Waals surface area contributed by atoms with Gasteiger partial charge in [-0.05, 0) is 29.4 Å². The summed E-state index contributed by atoms with van der Waals surface area (Å²) < 4.78 is 4.85. The monoisotopic (exact) mass is 319 g/mol. The number of esters is 1. The van der Waals surface area contributed by atoms with Crippen LogP contribution in [0.3, 0.4) is 0 Å². The van der Waals surface area contributed by atoms with Crippen LogP contribution in [-0.2, 0) is 9.53 Å². The van der Waals surface area contributed by atoms with Gasteiger partial charge >= 0.3 is 5.97 Å². The molecule has 0 saturated carbocycles. The number of anilines is 1. The van der Waals surface area contributed by atoms with Crippen LogP contribution in [0, 0.1) is 0 Å². The molecule has 0 amide bonds. The number of pyridine rings is 2. The Morgan fingerprint density at radius 2 is 2.14 bits per heavy atom. The Balaban J connectivity index is 2.12. The van der Waals surface area contributed by atoms with E-state index in [0.29, 0.717) is 11.1 Å². The minimum absolute atomic E-state index is 0.226. The molecule has 1 saturated heterocycles. The van der Waals surface area contributed by atoms with Crippen molar-refractivity contribution in [1.29, 1.82) is 0 Å². The number of hydrogen-bond acceptors (Lipinski definition) is 5. The summed E-state index contributed by atoms with van der Waals surface area (Å²) in [4.78, 5) is 22.5. The van der Waals surface area contributed by atoms with Crippen LogP contribution in [0.25, 0.3) is 10.8 Å². The summed E-state index contributed by atoms with van der Waals surface area (Å²) in [7, 11) is 1.41. The number of rotatable bonds is 3.